The third kappa shape index (κ3) is 2.59. The summed E-state index contributed by atoms with van der Waals surface area (Å²) in [6.45, 7) is 6.92. The summed E-state index contributed by atoms with van der Waals surface area (Å²) in [6.07, 6.45) is 0. The Kier molecular flexibility index (Phi) is 3.56. The highest BCUT2D eigenvalue weighted by molar-refractivity contribution is 9.09. The van der Waals surface area contributed by atoms with Crippen molar-refractivity contribution >= 4 is 15.9 Å². The third-order valence-corrected chi connectivity index (χ3v) is 5.06. The van der Waals surface area contributed by atoms with Gasteiger partial charge in [0.25, 0.3) is 0 Å². The molecule has 110 valence electrons. The van der Waals surface area contributed by atoms with Crippen LogP contribution in [0, 0.1) is 12.7 Å². The summed E-state index contributed by atoms with van der Waals surface area (Å²) < 4.78 is 19.9. The molecule has 1 nitrogen and oxygen atoms in total. The van der Waals surface area contributed by atoms with Crippen LogP contribution in [-0.2, 0) is 5.41 Å². The molecule has 0 aliphatic carbocycles. The molecule has 1 aliphatic rings. The van der Waals surface area contributed by atoms with Gasteiger partial charge >= 0.3 is 0 Å². The average Bonchev–Trinajstić information content (AvgIpc) is 2.74. The first-order chi connectivity index (χ1) is 9.88. The van der Waals surface area contributed by atoms with Crippen LogP contribution in [0.15, 0.2) is 36.4 Å². The van der Waals surface area contributed by atoms with Gasteiger partial charge in [0.1, 0.15) is 11.6 Å². The number of ether oxygens (including phenoxy) is 1. The minimum absolute atomic E-state index is 0.00385. The van der Waals surface area contributed by atoms with Crippen LogP contribution < -0.4 is 4.74 Å². The highest BCUT2D eigenvalue weighted by Gasteiger charge is 2.32. The molecule has 1 aliphatic heterocycles. The molecule has 1 unspecified atom stereocenters. The topological polar surface area (TPSA) is 9.23 Å². The van der Waals surface area contributed by atoms with Crippen LogP contribution in [0.2, 0.25) is 0 Å². The molecule has 1 atom stereocenters. The number of fused-ring (bicyclic) bond motifs is 1. The molecule has 0 amide bonds. The first-order valence-electron chi connectivity index (χ1n) is 7.06. The number of aryl methyl sites for hydroxylation is 1. The van der Waals surface area contributed by atoms with E-state index in [9.17, 15) is 4.39 Å². The van der Waals surface area contributed by atoms with Crippen molar-refractivity contribution in [2.45, 2.75) is 31.0 Å². The summed E-state index contributed by atoms with van der Waals surface area (Å²) in [4.78, 5) is -0.153. The van der Waals surface area contributed by atoms with Gasteiger partial charge in [-0.2, -0.15) is 0 Å². The molecular formula is C18H18BrFO. The Morgan fingerprint density at radius 1 is 1.19 bits per heavy atom. The summed E-state index contributed by atoms with van der Waals surface area (Å²) in [6, 6.07) is 11.5. The molecular weight excluding hydrogens is 331 g/mol. The lowest BCUT2D eigenvalue weighted by Gasteiger charge is -2.18. The molecule has 0 saturated heterocycles. The van der Waals surface area contributed by atoms with Crippen molar-refractivity contribution in [1.82, 2.24) is 0 Å². The van der Waals surface area contributed by atoms with E-state index in [4.69, 9.17) is 4.74 Å². The fraction of sp³-hybridized carbons (Fsp3) is 0.333. The molecule has 2 aromatic rings. The molecule has 0 radical (unpaired) electrons. The van der Waals surface area contributed by atoms with Gasteiger partial charge in [0, 0.05) is 16.5 Å². The van der Waals surface area contributed by atoms with Crippen molar-refractivity contribution in [2.75, 3.05) is 6.61 Å². The predicted molar refractivity (Wildman–Crippen MR) is 86.9 cm³/mol. The summed E-state index contributed by atoms with van der Waals surface area (Å²) in [5.74, 6) is 0.765. The minimum atomic E-state index is -0.173. The van der Waals surface area contributed by atoms with Crippen LogP contribution in [0.1, 0.15) is 40.9 Å². The lowest BCUT2D eigenvalue weighted by atomic mass is 9.85. The van der Waals surface area contributed by atoms with Crippen molar-refractivity contribution < 1.29 is 9.13 Å². The smallest absolute Gasteiger partial charge is 0.128 e. The molecule has 0 bridgehead atoms. The Morgan fingerprint density at radius 2 is 1.95 bits per heavy atom. The van der Waals surface area contributed by atoms with Gasteiger partial charge < -0.3 is 4.74 Å². The van der Waals surface area contributed by atoms with Gasteiger partial charge in [-0.15, -0.1) is 0 Å². The first kappa shape index (κ1) is 14.6. The largest absolute Gasteiger partial charge is 0.492 e. The Bertz CT molecular complexity index is 694. The molecule has 0 spiro atoms. The summed E-state index contributed by atoms with van der Waals surface area (Å²) in [5, 5.41) is 0. The molecule has 0 fully saturated rings. The molecule has 0 aromatic heterocycles. The highest BCUT2D eigenvalue weighted by Crippen LogP contribution is 2.42. The maximum Gasteiger partial charge on any atom is 0.128 e. The van der Waals surface area contributed by atoms with Gasteiger partial charge in [0.05, 0.1) is 11.4 Å². The van der Waals surface area contributed by atoms with Crippen LogP contribution in [-0.4, -0.2) is 6.61 Å². The van der Waals surface area contributed by atoms with E-state index in [0.29, 0.717) is 12.2 Å². The van der Waals surface area contributed by atoms with E-state index in [-0.39, 0.29) is 16.1 Å². The second kappa shape index (κ2) is 5.13. The Morgan fingerprint density at radius 3 is 2.67 bits per heavy atom. The molecule has 2 aromatic carbocycles. The van der Waals surface area contributed by atoms with E-state index in [1.165, 1.54) is 5.56 Å². The zero-order valence-corrected chi connectivity index (χ0v) is 14.0. The lowest BCUT2D eigenvalue weighted by Crippen LogP contribution is -2.18. The van der Waals surface area contributed by atoms with Crippen molar-refractivity contribution in [1.29, 1.82) is 0 Å². The molecule has 0 saturated carbocycles. The molecule has 0 N–H and O–H groups in total. The quantitative estimate of drug-likeness (QED) is 0.670. The Balaban J connectivity index is 2.01. The van der Waals surface area contributed by atoms with Crippen molar-refractivity contribution in [3.63, 3.8) is 0 Å². The van der Waals surface area contributed by atoms with Crippen LogP contribution in [0.5, 0.6) is 5.75 Å². The maximum absolute atomic E-state index is 14.2. The Hall–Kier alpha value is -1.35. The predicted octanol–water partition coefficient (Wildman–Crippen LogP) is 5.29. The van der Waals surface area contributed by atoms with Crippen molar-refractivity contribution in [3.05, 3.63) is 64.5 Å². The molecule has 1 heterocycles. The van der Waals surface area contributed by atoms with E-state index in [1.54, 1.807) is 6.07 Å². The number of rotatable bonds is 2. The van der Waals surface area contributed by atoms with E-state index >= 15 is 0 Å². The number of alkyl halides is 1. The second-order valence-electron chi connectivity index (χ2n) is 6.32. The highest BCUT2D eigenvalue weighted by atomic mass is 79.9. The maximum atomic E-state index is 14.2. The fourth-order valence-corrected chi connectivity index (χ4v) is 3.37. The minimum Gasteiger partial charge on any atom is -0.492 e. The van der Waals surface area contributed by atoms with Gasteiger partial charge in [-0.05, 0) is 36.2 Å². The van der Waals surface area contributed by atoms with Gasteiger partial charge in [-0.3, -0.25) is 0 Å². The van der Waals surface area contributed by atoms with Crippen LogP contribution in [0.25, 0.3) is 0 Å². The van der Waals surface area contributed by atoms with Gasteiger partial charge in [-0.1, -0.05) is 48.0 Å². The monoisotopic (exact) mass is 348 g/mol. The summed E-state index contributed by atoms with van der Waals surface area (Å²) >= 11 is 3.63. The third-order valence-electron chi connectivity index (χ3n) is 4.04. The molecule has 21 heavy (non-hydrogen) atoms. The fourth-order valence-electron chi connectivity index (χ4n) is 2.71. The number of hydrogen-bond donors (Lipinski definition) is 0. The Labute approximate surface area is 133 Å². The van der Waals surface area contributed by atoms with Crippen molar-refractivity contribution in [3.8, 4) is 5.75 Å². The number of benzene rings is 2. The van der Waals surface area contributed by atoms with Gasteiger partial charge in [0.15, 0.2) is 0 Å². The number of halogens is 2. The zero-order valence-electron chi connectivity index (χ0n) is 12.4. The van der Waals surface area contributed by atoms with Gasteiger partial charge in [-0.25, -0.2) is 4.39 Å². The lowest BCUT2D eigenvalue weighted by molar-refractivity contribution is 0.291. The summed E-state index contributed by atoms with van der Waals surface area (Å²) in [7, 11) is 0. The molecule has 3 heteroatoms. The van der Waals surface area contributed by atoms with Crippen LogP contribution >= 0.6 is 15.9 Å². The second-order valence-corrected chi connectivity index (χ2v) is 7.23. The van der Waals surface area contributed by atoms with E-state index < -0.39 is 0 Å². The van der Waals surface area contributed by atoms with Crippen LogP contribution in [0.4, 0.5) is 4.39 Å². The SMILES string of the molecule is Cc1ccc(C(Br)c2ccc3c(c2)C(C)(C)CO3)c(F)c1. The van der Waals surface area contributed by atoms with E-state index in [1.807, 2.05) is 31.2 Å². The molecule has 3 rings (SSSR count). The normalized spacial score (nSPS) is 17.2. The number of hydrogen-bond acceptors (Lipinski definition) is 1. The van der Waals surface area contributed by atoms with E-state index in [2.05, 4.69) is 35.8 Å². The zero-order chi connectivity index (χ0) is 15.2. The average molecular weight is 349 g/mol. The first-order valence-corrected chi connectivity index (χ1v) is 7.97. The van der Waals surface area contributed by atoms with Gasteiger partial charge in [0.2, 0.25) is 0 Å². The standard InChI is InChI=1S/C18H18BrFO/c1-11-4-6-13(15(20)8-11)17(19)12-5-7-16-14(9-12)18(2,3)10-21-16/h4-9,17H,10H2,1-3H3. The van der Waals surface area contributed by atoms with Crippen molar-refractivity contribution in [2.24, 2.45) is 0 Å². The van der Waals surface area contributed by atoms with E-state index in [0.717, 1.165) is 16.9 Å². The summed E-state index contributed by atoms with van der Waals surface area (Å²) in [5.41, 5.74) is 3.84. The van der Waals surface area contributed by atoms with Crippen LogP contribution in [0.3, 0.4) is 0 Å².